The highest BCUT2D eigenvalue weighted by Crippen LogP contribution is 2.27. The zero-order valence-corrected chi connectivity index (χ0v) is 14.9. The van der Waals surface area contributed by atoms with Crippen molar-refractivity contribution < 1.29 is 9.84 Å². The number of aliphatic hydroxyl groups excluding tert-OH is 1. The maximum absolute atomic E-state index is 11.2. The molecule has 0 aliphatic carbocycles. The molecule has 0 saturated heterocycles. The van der Waals surface area contributed by atoms with Crippen LogP contribution >= 0.6 is 0 Å². The maximum atomic E-state index is 11.2. The number of aliphatic hydroxyl groups is 1. The Hall–Kier alpha value is -2.85. The van der Waals surface area contributed by atoms with E-state index in [4.69, 9.17) is 4.74 Å². The van der Waals surface area contributed by atoms with E-state index in [1.165, 1.54) is 0 Å². The molecule has 0 spiro atoms. The van der Waals surface area contributed by atoms with Crippen LogP contribution in [-0.2, 0) is 26.2 Å². The molecule has 0 atom stereocenters. The maximum Gasteiger partial charge on any atom is 0.181 e. The SMILES string of the molecule is Cc1ccc(OCc2ccccc2)c(CO)c1CCn1ccc(=O)cc1. The molecule has 134 valence electrons. The van der Waals surface area contributed by atoms with E-state index in [0.717, 1.165) is 41.0 Å². The number of ether oxygens (including phenoxy) is 1. The highest BCUT2D eigenvalue weighted by atomic mass is 16.5. The van der Waals surface area contributed by atoms with Gasteiger partial charge in [0.2, 0.25) is 0 Å². The summed E-state index contributed by atoms with van der Waals surface area (Å²) in [5.74, 6) is 0.719. The van der Waals surface area contributed by atoms with Crippen LogP contribution in [0.4, 0.5) is 0 Å². The number of aromatic nitrogens is 1. The zero-order chi connectivity index (χ0) is 18.4. The highest BCUT2D eigenvalue weighted by molar-refractivity contribution is 5.44. The summed E-state index contributed by atoms with van der Waals surface area (Å²) in [5.41, 5.74) is 4.15. The molecular weight excluding hydrogens is 326 g/mol. The first-order valence-electron chi connectivity index (χ1n) is 8.72. The van der Waals surface area contributed by atoms with Crippen molar-refractivity contribution >= 4 is 0 Å². The van der Waals surface area contributed by atoms with Crippen LogP contribution < -0.4 is 10.2 Å². The van der Waals surface area contributed by atoms with Gasteiger partial charge in [0.1, 0.15) is 12.4 Å². The molecular formula is C22H23NO3. The van der Waals surface area contributed by atoms with Crippen molar-refractivity contribution in [2.45, 2.75) is 33.1 Å². The quantitative estimate of drug-likeness (QED) is 0.711. The van der Waals surface area contributed by atoms with Gasteiger partial charge in [0.05, 0.1) is 6.61 Å². The Morgan fingerprint density at radius 1 is 0.962 bits per heavy atom. The number of hydrogen-bond donors (Lipinski definition) is 1. The van der Waals surface area contributed by atoms with Crippen molar-refractivity contribution in [3.8, 4) is 5.75 Å². The van der Waals surface area contributed by atoms with E-state index < -0.39 is 0 Å². The molecule has 0 unspecified atom stereocenters. The highest BCUT2D eigenvalue weighted by Gasteiger charge is 2.12. The molecule has 4 heteroatoms. The predicted octanol–water partition coefficient (Wildman–Crippen LogP) is 3.47. The number of nitrogens with zero attached hydrogens (tertiary/aromatic N) is 1. The molecule has 0 saturated carbocycles. The number of pyridine rings is 1. The van der Waals surface area contributed by atoms with Crippen LogP contribution in [0.1, 0.15) is 22.3 Å². The average molecular weight is 349 g/mol. The van der Waals surface area contributed by atoms with Crippen LogP contribution in [0.15, 0.2) is 71.8 Å². The van der Waals surface area contributed by atoms with Gasteiger partial charge in [-0.1, -0.05) is 36.4 Å². The van der Waals surface area contributed by atoms with Gasteiger partial charge in [-0.2, -0.15) is 0 Å². The van der Waals surface area contributed by atoms with Crippen LogP contribution in [0.25, 0.3) is 0 Å². The Bertz CT molecular complexity index is 896. The Labute approximate surface area is 153 Å². The molecule has 0 fully saturated rings. The first kappa shape index (κ1) is 18.0. The fourth-order valence-corrected chi connectivity index (χ4v) is 3.01. The molecule has 1 N–H and O–H groups in total. The largest absolute Gasteiger partial charge is 0.489 e. The molecule has 0 aliphatic rings. The number of aryl methyl sites for hydroxylation is 2. The molecule has 0 bridgehead atoms. The molecule has 1 aromatic heterocycles. The van der Waals surface area contributed by atoms with Gasteiger partial charge in [-0.05, 0) is 36.1 Å². The fraction of sp³-hybridized carbons (Fsp3) is 0.227. The van der Waals surface area contributed by atoms with Crippen LogP contribution in [-0.4, -0.2) is 9.67 Å². The number of hydrogen-bond acceptors (Lipinski definition) is 3. The van der Waals surface area contributed by atoms with Crippen LogP contribution in [0.2, 0.25) is 0 Å². The lowest BCUT2D eigenvalue weighted by Crippen LogP contribution is -2.09. The van der Waals surface area contributed by atoms with E-state index in [2.05, 4.69) is 0 Å². The lowest BCUT2D eigenvalue weighted by atomic mass is 9.98. The second-order valence-corrected chi connectivity index (χ2v) is 6.29. The normalized spacial score (nSPS) is 10.7. The minimum Gasteiger partial charge on any atom is -0.489 e. The van der Waals surface area contributed by atoms with Gasteiger partial charge >= 0.3 is 0 Å². The first-order chi connectivity index (χ1) is 12.7. The molecule has 2 aromatic carbocycles. The van der Waals surface area contributed by atoms with Gasteiger partial charge in [0, 0.05) is 36.6 Å². The van der Waals surface area contributed by atoms with Gasteiger partial charge in [-0.25, -0.2) is 0 Å². The van der Waals surface area contributed by atoms with Crippen molar-refractivity contribution in [2.24, 2.45) is 0 Å². The van der Waals surface area contributed by atoms with Crippen molar-refractivity contribution in [3.05, 3.63) is 99.5 Å². The van der Waals surface area contributed by atoms with E-state index in [-0.39, 0.29) is 12.0 Å². The summed E-state index contributed by atoms with van der Waals surface area (Å²) in [7, 11) is 0. The van der Waals surface area contributed by atoms with Crippen LogP contribution in [0, 0.1) is 6.92 Å². The lowest BCUT2D eigenvalue weighted by molar-refractivity contribution is 0.257. The van der Waals surface area contributed by atoms with Crippen molar-refractivity contribution in [3.63, 3.8) is 0 Å². The van der Waals surface area contributed by atoms with Crippen LogP contribution in [0.5, 0.6) is 5.75 Å². The topological polar surface area (TPSA) is 51.5 Å². The lowest BCUT2D eigenvalue weighted by Gasteiger charge is -2.17. The third-order valence-electron chi connectivity index (χ3n) is 4.50. The van der Waals surface area contributed by atoms with Gasteiger partial charge < -0.3 is 14.4 Å². The van der Waals surface area contributed by atoms with Gasteiger partial charge in [-0.15, -0.1) is 0 Å². The van der Waals surface area contributed by atoms with E-state index in [1.807, 2.05) is 54.0 Å². The summed E-state index contributed by atoms with van der Waals surface area (Å²) in [6.07, 6.45) is 4.32. The molecule has 26 heavy (non-hydrogen) atoms. The Morgan fingerprint density at radius 2 is 1.69 bits per heavy atom. The van der Waals surface area contributed by atoms with E-state index in [1.54, 1.807) is 24.5 Å². The number of rotatable bonds is 7. The summed E-state index contributed by atoms with van der Waals surface area (Å²) < 4.78 is 7.94. The van der Waals surface area contributed by atoms with Gasteiger partial charge in [0.25, 0.3) is 0 Å². The summed E-state index contributed by atoms with van der Waals surface area (Å²) >= 11 is 0. The monoisotopic (exact) mass is 349 g/mol. The minimum atomic E-state index is -0.0642. The standard InChI is InChI=1S/C22H23NO3/c1-17-7-8-22(26-16-18-5-3-2-4-6-18)21(15-24)20(17)11-14-23-12-9-19(25)10-13-23/h2-10,12-13,24H,11,14-16H2,1H3. The summed E-state index contributed by atoms with van der Waals surface area (Å²) in [6, 6.07) is 17.0. The third kappa shape index (κ3) is 4.41. The molecule has 0 aliphatic heterocycles. The Balaban J connectivity index is 1.77. The van der Waals surface area contributed by atoms with Crippen molar-refractivity contribution in [2.75, 3.05) is 0 Å². The third-order valence-corrected chi connectivity index (χ3v) is 4.50. The summed E-state index contributed by atoms with van der Waals surface area (Å²) in [4.78, 5) is 11.2. The average Bonchev–Trinajstić information content (AvgIpc) is 2.68. The molecule has 1 heterocycles. The molecule has 3 aromatic rings. The second-order valence-electron chi connectivity index (χ2n) is 6.29. The van der Waals surface area contributed by atoms with E-state index in [9.17, 15) is 9.90 Å². The first-order valence-corrected chi connectivity index (χ1v) is 8.72. The van der Waals surface area contributed by atoms with E-state index in [0.29, 0.717) is 6.61 Å². The molecule has 0 radical (unpaired) electrons. The Morgan fingerprint density at radius 3 is 2.38 bits per heavy atom. The van der Waals surface area contributed by atoms with Crippen molar-refractivity contribution in [1.29, 1.82) is 0 Å². The predicted molar refractivity (Wildman–Crippen MR) is 102 cm³/mol. The fourth-order valence-electron chi connectivity index (χ4n) is 3.01. The molecule has 0 amide bonds. The van der Waals surface area contributed by atoms with Gasteiger partial charge in [-0.3, -0.25) is 4.79 Å². The Kier molecular flexibility index (Phi) is 5.87. The number of benzene rings is 2. The van der Waals surface area contributed by atoms with Crippen LogP contribution in [0.3, 0.4) is 0 Å². The summed E-state index contributed by atoms with van der Waals surface area (Å²) in [5, 5.41) is 9.93. The minimum absolute atomic E-state index is 0.00443. The molecule has 4 nitrogen and oxygen atoms in total. The van der Waals surface area contributed by atoms with E-state index >= 15 is 0 Å². The van der Waals surface area contributed by atoms with Crippen molar-refractivity contribution in [1.82, 2.24) is 4.57 Å². The molecule has 3 rings (SSSR count). The second kappa shape index (κ2) is 8.50. The summed E-state index contributed by atoms with van der Waals surface area (Å²) in [6.45, 7) is 3.18. The smallest absolute Gasteiger partial charge is 0.181 e. The zero-order valence-electron chi connectivity index (χ0n) is 14.9. The van der Waals surface area contributed by atoms with Gasteiger partial charge in [0.15, 0.2) is 5.43 Å².